The zero-order valence-corrected chi connectivity index (χ0v) is 12.3. The minimum Gasteiger partial charge on any atom is -0.493 e. The average molecular weight is 280 g/mol. The molecule has 0 bridgehead atoms. The first-order valence-electron chi connectivity index (χ1n) is 7.04. The van der Waals surface area contributed by atoms with Gasteiger partial charge in [-0.15, -0.1) is 0 Å². The molecule has 0 unspecified atom stereocenters. The Kier molecular flexibility index (Phi) is 5.49. The number of ether oxygens (including phenoxy) is 3. The molecule has 1 aliphatic rings. The molecule has 1 aromatic rings. The second kappa shape index (κ2) is 7.36. The molecular weight excluding hydrogens is 256 g/mol. The molecule has 1 fully saturated rings. The topological polar surface area (TPSA) is 57.0 Å². The molecule has 0 aromatic heterocycles. The lowest BCUT2D eigenvalue weighted by Gasteiger charge is -2.30. The number of nitrogen functional groups attached to an aromatic ring is 1. The highest BCUT2D eigenvalue weighted by atomic mass is 16.5. The molecular formula is C15H24N2O3. The van der Waals surface area contributed by atoms with Gasteiger partial charge in [0, 0.05) is 38.5 Å². The van der Waals surface area contributed by atoms with E-state index in [1.54, 1.807) is 20.3 Å². The highest BCUT2D eigenvalue weighted by molar-refractivity contribution is 5.51. The molecule has 0 aliphatic carbocycles. The fraction of sp³-hybridized carbons (Fsp3) is 0.600. The molecule has 1 heterocycles. The van der Waals surface area contributed by atoms with E-state index < -0.39 is 0 Å². The van der Waals surface area contributed by atoms with Gasteiger partial charge in [0.2, 0.25) is 0 Å². The van der Waals surface area contributed by atoms with Crippen LogP contribution in [0, 0.1) is 0 Å². The van der Waals surface area contributed by atoms with Gasteiger partial charge in [-0.2, -0.15) is 0 Å². The third kappa shape index (κ3) is 4.02. The van der Waals surface area contributed by atoms with E-state index in [0.717, 1.165) is 38.2 Å². The normalized spacial score (nSPS) is 17.1. The van der Waals surface area contributed by atoms with Gasteiger partial charge in [0.05, 0.1) is 13.2 Å². The molecule has 0 atom stereocenters. The van der Waals surface area contributed by atoms with E-state index in [-0.39, 0.29) is 0 Å². The van der Waals surface area contributed by atoms with Gasteiger partial charge in [0.1, 0.15) is 6.61 Å². The van der Waals surface area contributed by atoms with Crippen LogP contribution in [0.5, 0.6) is 11.5 Å². The summed E-state index contributed by atoms with van der Waals surface area (Å²) in [5.74, 6) is 1.43. The quantitative estimate of drug-likeness (QED) is 0.805. The van der Waals surface area contributed by atoms with Crippen LogP contribution in [0.1, 0.15) is 12.8 Å². The van der Waals surface area contributed by atoms with E-state index in [9.17, 15) is 0 Å². The SMILES string of the molecule is COc1cc(N)ccc1OCCN1CCC(OC)CC1. The molecule has 1 saturated heterocycles. The summed E-state index contributed by atoms with van der Waals surface area (Å²) in [6, 6.07) is 5.45. The van der Waals surface area contributed by atoms with Crippen LogP contribution in [-0.2, 0) is 4.74 Å². The van der Waals surface area contributed by atoms with Crippen molar-refractivity contribution in [2.75, 3.05) is 46.2 Å². The summed E-state index contributed by atoms with van der Waals surface area (Å²) in [5, 5.41) is 0. The largest absolute Gasteiger partial charge is 0.493 e. The lowest BCUT2D eigenvalue weighted by Crippen LogP contribution is -2.38. The zero-order valence-electron chi connectivity index (χ0n) is 12.3. The molecule has 1 aliphatic heterocycles. The van der Waals surface area contributed by atoms with Crippen molar-refractivity contribution < 1.29 is 14.2 Å². The second-order valence-electron chi connectivity index (χ2n) is 5.04. The molecule has 0 amide bonds. The number of nitrogens with zero attached hydrogens (tertiary/aromatic N) is 1. The third-order valence-corrected chi connectivity index (χ3v) is 3.72. The van der Waals surface area contributed by atoms with Crippen molar-refractivity contribution in [2.45, 2.75) is 18.9 Å². The maximum Gasteiger partial charge on any atom is 0.162 e. The predicted octanol–water partition coefficient (Wildman–Crippen LogP) is 1.77. The van der Waals surface area contributed by atoms with Crippen LogP contribution in [0.15, 0.2) is 18.2 Å². The number of hydrogen-bond acceptors (Lipinski definition) is 5. The molecule has 0 radical (unpaired) electrons. The molecule has 0 spiro atoms. The predicted molar refractivity (Wildman–Crippen MR) is 79.4 cm³/mol. The zero-order chi connectivity index (χ0) is 14.4. The monoisotopic (exact) mass is 280 g/mol. The highest BCUT2D eigenvalue weighted by Gasteiger charge is 2.18. The molecule has 2 rings (SSSR count). The van der Waals surface area contributed by atoms with Crippen molar-refractivity contribution in [3.63, 3.8) is 0 Å². The van der Waals surface area contributed by atoms with E-state index in [1.807, 2.05) is 12.1 Å². The minimum atomic E-state index is 0.421. The smallest absolute Gasteiger partial charge is 0.162 e. The molecule has 20 heavy (non-hydrogen) atoms. The van der Waals surface area contributed by atoms with Crippen LogP contribution in [0.3, 0.4) is 0 Å². The average Bonchev–Trinajstić information content (AvgIpc) is 2.49. The van der Waals surface area contributed by atoms with Gasteiger partial charge < -0.3 is 19.9 Å². The summed E-state index contributed by atoms with van der Waals surface area (Å²) in [4.78, 5) is 2.40. The van der Waals surface area contributed by atoms with Gasteiger partial charge in [-0.25, -0.2) is 0 Å². The Morgan fingerprint density at radius 2 is 1.95 bits per heavy atom. The molecule has 5 heteroatoms. The summed E-state index contributed by atoms with van der Waals surface area (Å²) in [6.07, 6.45) is 2.62. The van der Waals surface area contributed by atoms with Crippen LogP contribution in [-0.4, -0.2) is 51.5 Å². The van der Waals surface area contributed by atoms with Crippen LogP contribution in [0.2, 0.25) is 0 Å². The van der Waals surface area contributed by atoms with Gasteiger partial charge in [0.15, 0.2) is 11.5 Å². The van der Waals surface area contributed by atoms with Gasteiger partial charge in [0.25, 0.3) is 0 Å². The van der Waals surface area contributed by atoms with E-state index in [2.05, 4.69) is 4.90 Å². The molecule has 1 aromatic carbocycles. The Bertz CT molecular complexity index is 418. The minimum absolute atomic E-state index is 0.421. The lowest BCUT2D eigenvalue weighted by atomic mass is 10.1. The summed E-state index contributed by atoms with van der Waals surface area (Å²) in [5.41, 5.74) is 6.40. The number of anilines is 1. The molecule has 2 N–H and O–H groups in total. The summed E-state index contributed by atoms with van der Waals surface area (Å²) in [7, 11) is 3.41. The first kappa shape index (κ1) is 14.9. The Balaban J connectivity index is 1.76. The number of likely N-dealkylation sites (tertiary alicyclic amines) is 1. The van der Waals surface area contributed by atoms with Crippen molar-refractivity contribution in [1.82, 2.24) is 4.90 Å². The molecule has 0 saturated carbocycles. The Morgan fingerprint density at radius 3 is 2.60 bits per heavy atom. The maximum atomic E-state index is 5.79. The van der Waals surface area contributed by atoms with Crippen molar-refractivity contribution in [2.24, 2.45) is 0 Å². The van der Waals surface area contributed by atoms with Gasteiger partial charge >= 0.3 is 0 Å². The van der Waals surface area contributed by atoms with Gasteiger partial charge in [-0.1, -0.05) is 0 Å². The second-order valence-corrected chi connectivity index (χ2v) is 5.04. The number of benzene rings is 1. The molecule has 5 nitrogen and oxygen atoms in total. The lowest BCUT2D eigenvalue weighted by molar-refractivity contribution is 0.0374. The fourth-order valence-electron chi connectivity index (χ4n) is 2.46. The van der Waals surface area contributed by atoms with Crippen molar-refractivity contribution in [1.29, 1.82) is 0 Å². The van der Waals surface area contributed by atoms with Crippen LogP contribution in [0.4, 0.5) is 5.69 Å². The number of rotatable bonds is 6. The van der Waals surface area contributed by atoms with Crippen LogP contribution < -0.4 is 15.2 Å². The number of nitrogens with two attached hydrogens (primary N) is 1. The summed E-state index contributed by atoms with van der Waals surface area (Å²) in [6.45, 7) is 3.71. The Labute approximate surface area is 120 Å². The number of hydrogen-bond donors (Lipinski definition) is 1. The standard InChI is InChI=1S/C15H24N2O3/c1-18-13-5-7-17(8-6-13)9-10-20-14-4-3-12(16)11-15(14)19-2/h3-4,11,13H,5-10,16H2,1-2H3. The number of methoxy groups -OCH3 is 2. The summed E-state index contributed by atoms with van der Waals surface area (Å²) < 4.78 is 16.4. The maximum absolute atomic E-state index is 5.79. The first-order chi connectivity index (χ1) is 9.72. The Hall–Kier alpha value is -1.46. The van der Waals surface area contributed by atoms with Crippen LogP contribution in [0.25, 0.3) is 0 Å². The highest BCUT2D eigenvalue weighted by Crippen LogP contribution is 2.28. The third-order valence-electron chi connectivity index (χ3n) is 3.72. The van der Waals surface area contributed by atoms with Gasteiger partial charge in [-0.05, 0) is 25.0 Å². The van der Waals surface area contributed by atoms with Crippen molar-refractivity contribution >= 4 is 5.69 Å². The fourth-order valence-corrected chi connectivity index (χ4v) is 2.46. The van der Waals surface area contributed by atoms with Crippen molar-refractivity contribution in [3.05, 3.63) is 18.2 Å². The first-order valence-corrected chi connectivity index (χ1v) is 7.04. The van der Waals surface area contributed by atoms with E-state index in [1.165, 1.54) is 0 Å². The van der Waals surface area contributed by atoms with E-state index in [4.69, 9.17) is 19.9 Å². The van der Waals surface area contributed by atoms with Crippen molar-refractivity contribution in [3.8, 4) is 11.5 Å². The van der Waals surface area contributed by atoms with Crippen LogP contribution >= 0.6 is 0 Å². The Morgan fingerprint density at radius 1 is 1.20 bits per heavy atom. The van der Waals surface area contributed by atoms with E-state index in [0.29, 0.717) is 24.1 Å². The molecule has 112 valence electrons. The van der Waals surface area contributed by atoms with E-state index >= 15 is 0 Å². The summed E-state index contributed by atoms with van der Waals surface area (Å²) >= 11 is 0. The van der Waals surface area contributed by atoms with Gasteiger partial charge in [-0.3, -0.25) is 4.90 Å². The number of piperidine rings is 1.